The molecule has 1 aromatic rings. The van der Waals surface area contributed by atoms with Gasteiger partial charge >= 0.3 is 0 Å². The van der Waals surface area contributed by atoms with Gasteiger partial charge in [-0.1, -0.05) is 12.1 Å². The molecule has 0 aromatic heterocycles. The highest BCUT2D eigenvalue weighted by Crippen LogP contribution is 2.12. The minimum Gasteiger partial charge on any atom is -0.375 e. The summed E-state index contributed by atoms with van der Waals surface area (Å²) in [6.45, 7) is 5.15. The summed E-state index contributed by atoms with van der Waals surface area (Å²) >= 11 is 0. The predicted molar refractivity (Wildman–Crippen MR) is 79.8 cm³/mol. The first kappa shape index (κ1) is 15.5. The van der Waals surface area contributed by atoms with Crippen LogP contribution >= 0.6 is 0 Å². The number of carbonyl (C=O) groups excluding carboxylic acids is 2. The average Bonchev–Trinajstić information content (AvgIpc) is 2.47. The second-order valence-corrected chi connectivity index (χ2v) is 5.10. The molecule has 2 atom stereocenters. The van der Waals surface area contributed by atoms with Crippen molar-refractivity contribution in [1.82, 2.24) is 10.6 Å². The van der Waals surface area contributed by atoms with Crippen LogP contribution in [0.25, 0.3) is 0 Å². The van der Waals surface area contributed by atoms with Crippen LogP contribution in [0.4, 0.5) is 5.69 Å². The number of rotatable bonds is 4. The number of carbonyl (C=O) groups is 2. The van der Waals surface area contributed by atoms with Gasteiger partial charge in [-0.15, -0.1) is 0 Å². The minimum atomic E-state index is -0.335. The molecule has 0 bridgehead atoms. The van der Waals surface area contributed by atoms with Crippen LogP contribution in [0.5, 0.6) is 0 Å². The van der Waals surface area contributed by atoms with Crippen LogP contribution < -0.4 is 16.0 Å². The summed E-state index contributed by atoms with van der Waals surface area (Å²) in [5.74, 6) is -0.165. The number of hydrogen-bond acceptors (Lipinski definition) is 4. The van der Waals surface area contributed by atoms with E-state index in [1.165, 1.54) is 6.92 Å². The normalized spacial score (nSPS) is 21.6. The lowest BCUT2D eigenvalue weighted by molar-refractivity contribution is -0.123. The molecule has 1 aromatic carbocycles. The first-order valence-electron chi connectivity index (χ1n) is 7.05. The smallest absolute Gasteiger partial charge is 0.244 e. The molecule has 2 rings (SSSR count). The predicted octanol–water partition coefficient (Wildman–Crippen LogP) is 0.638. The maximum absolute atomic E-state index is 12.2. The quantitative estimate of drug-likeness (QED) is 0.760. The summed E-state index contributed by atoms with van der Waals surface area (Å²) in [4.78, 5) is 23.0. The highest BCUT2D eigenvalue weighted by atomic mass is 16.5. The number of amides is 2. The standard InChI is InChI=1S/C15H21N3O3/c1-10-14(16-7-8-21-10)15(20)18-13-5-3-12(4-6-13)9-17-11(2)19/h3-6,10,14,16H,7-9H2,1-2H3,(H,17,19)(H,18,20)/t10-,14+/m1/s1. The van der Waals surface area contributed by atoms with E-state index in [2.05, 4.69) is 16.0 Å². The van der Waals surface area contributed by atoms with Gasteiger partial charge in [-0.05, 0) is 24.6 Å². The fraction of sp³-hybridized carbons (Fsp3) is 0.467. The zero-order valence-electron chi connectivity index (χ0n) is 12.3. The molecule has 0 spiro atoms. The van der Waals surface area contributed by atoms with Crippen LogP contribution in [0.1, 0.15) is 19.4 Å². The molecule has 114 valence electrons. The third-order valence-corrected chi connectivity index (χ3v) is 3.36. The molecule has 1 heterocycles. The summed E-state index contributed by atoms with van der Waals surface area (Å²) in [7, 11) is 0. The number of anilines is 1. The Morgan fingerprint density at radius 3 is 2.67 bits per heavy atom. The Hall–Kier alpha value is -1.92. The van der Waals surface area contributed by atoms with Crippen molar-refractivity contribution in [2.45, 2.75) is 32.5 Å². The molecule has 0 unspecified atom stereocenters. The lowest BCUT2D eigenvalue weighted by atomic mass is 10.1. The van der Waals surface area contributed by atoms with Crippen molar-refractivity contribution in [3.05, 3.63) is 29.8 Å². The largest absolute Gasteiger partial charge is 0.375 e. The molecular formula is C15H21N3O3. The maximum atomic E-state index is 12.2. The fourth-order valence-electron chi connectivity index (χ4n) is 2.18. The molecule has 1 aliphatic rings. The topological polar surface area (TPSA) is 79.5 Å². The summed E-state index contributed by atoms with van der Waals surface area (Å²) < 4.78 is 5.46. The van der Waals surface area contributed by atoms with Crippen LogP contribution in [0.3, 0.4) is 0 Å². The molecule has 6 heteroatoms. The molecule has 0 saturated carbocycles. The van der Waals surface area contributed by atoms with E-state index < -0.39 is 0 Å². The highest BCUT2D eigenvalue weighted by molar-refractivity contribution is 5.95. The third-order valence-electron chi connectivity index (χ3n) is 3.36. The number of morpholine rings is 1. The van der Waals surface area contributed by atoms with Gasteiger partial charge in [-0.3, -0.25) is 9.59 Å². The Morgan fingerprint density at radius 2 is 2.05 bits per heavy atom. The van der Waals surface area contributed by atoms with E-state index in [0.29, 0.717) is 19.7 Å². The van der Waals surface area contributed by atoms with E-state index in [-0.39, 0.29) is 24.0 Å². The molecule has 1 saturated heterocycles. The Morgan fingerprint density at radius 1 is 1.33 bits per heavy atom. The van der Waals surface area contributed by atoms with E-state index in [9.17, 15) is 9.59 Å². The van der Waals surface area contributed by atoms with Crippen LogP contribution in [0.2, 0.25) is 0 Å². The van der Waals surface area contributed by atoms with Crippen molar-refractivity contribution in [2.75, 3.05) is 18.5 Å². The highest BCUT2D eigenvalue weighted by Gasteiger charge is 2.28. The Balaban J connectivity index is 1.90. The van der Waals surface area contributed by atoms with Crippen LogP contribution in [0, 0.1) is 0 Å². The van der Waals surface area contributed by atoms with Crippen molar-refractivity contribution in [3.8, 4) is 0 Å². The van der Waals surface area contributed by atoms with Gasteiger partial charge in [0.15, 0.2) is 0 Å². The van der Waals surface area contributed by atoms with E-state index in [0.717, 1.165) is 11.3 Å². The SMILES string of the molecule is CC(=O)NCc1ccc(NC(=O)[C@H]2NCCO[C@@H]2C)cc1. The molecule has 1 fully saturated rings. The zero-order chi connectivity index (χ0) is 15.2. The second-order valence-electron chi connectivity index (χ2n) is 5.10. The number of hydrogen-bond donors (Lipinski definition) is 3. The lowest BCUT2D eigenvalue weighted by Gasteiger charge is -2.29. The van der Waals surface area contributed by atoms with Gasteiger partial charge in [-0.2, -0.15) is 0 Å². The molecular weight excluding hydrogens is 270 g/mol. The van der Waals surface area contributed by atoms with Gasteiger partial charge in [-0.25, -0.2) is 0 Å². The van der Waals surface area contributed by atoms with Crippen molar-refractivity contribution in [1.29, 1.82) is 0 Å². The van der Waals surface area contributed by atoms with E-state index in [1.54, 1.807) is 0 Å². The third kappa shape index (κ3) is 4.54. The number of ether oxygens (including phenoxy) is 1. The van der Waals surface area contributed by atoms with Crippen molar-refractivity contribution < 1.29 is 14.3 Å². The molecule has 0 radical (unpaired) electrons. The van der Waals surface area contributed by atoms with Gasteiger partial charge < -0.3 is 20.7 Å². The zero-order valence-corrected chi connectivity index (χ0v) is 12.3. The first-order chi connectivity index (χ1) is 10.1. The van der Waals surface area contributed by atoms with Gasteiger partial charge in [0, 0.05) is 25.7 Å². The maximum Gasteiger partial charge on any atom is 0.244 e. The van der Waals surface area contributed by atoms with E-state index in [4.69, 9.17) is 4.74 Å². The van der Waals surface area contributed by atoms with Crippen LogP contribution in [-0.4, -0.2) is 37.1 Å². The number of benzene rings is 1. The Labute approximate surface area is 124 Å². The van der Waals surface area contributed by atoms with E-state index in [1.807, 2.05) is 31.2 Å². The summed E-state index contributed by atoms with van der Waals surface area (Å²) in [5.41, 5.74) is 1.71. The molecule has 2 amide bonds. The average molecular weight is 291 g/mol. The molecule has 0 aliphatic carbocycles. The second kappa shape index (κ2) is 7.19. The molecule has 3 N–H and O–H groups in total. The Bertz CT molecular complexity index is 501. The van der Waals surface area contributed by atoms with Crippen molar-refractivity contribution >= 4 is 17.5 Å². The fourth-order valence-corrected chi connectivity index (χ4v) is 2.18. The van der Waals surface area contributed by atoms with Gasteiger partial charge in [0.1, 0.15) is 6.04 Å². The van der Waals surface area contributed by atoms with E-state index >= 15 is 0 Å². The first-order valence-corrected chi connectivity index (χ1v) is 7.05. The summed E-state index contributed by atoms with van der Waals surface area (Å²) in [6, 6.07) is 7.06. The van der Waals surface area contributed by atoms with Crippen LogP contribution in [-0.2, 0) is 20.9 Å². The molecule has 6 nitrogen and oxygen atoms in total. The summed E-state index contributed by atoms with van der Waals surface area (Å²) in [5, 5.41) is 8.74. The van der Waals surface area contributed by atoms with Crippen molar-refractivity contribution in [2.24, 2.45) is 0 Å². The van der Waals surface area contributed by atoms with Gasteiger partial charge in [0.25, 0.3) is 0 Å². The van der Waals surface area contributed by atoms with Crippen molar-refractivity contribution in [3.63, 3.8) is 0 Å². The lowest BCUT2D eigenvalue weighted by Crippen LogP contribution is -2.53. The van der Waals surface area contributed by atoms with Gasteiger partial charge in [0.2, 0.25) is 11.8 Å². The molecule has 21 heavy (non-hydrogen) atoms. The Kier molecular flexibility index (Phi) is 5.30. The van der Waals surface area contributed by atoms with Gasteiger partial charge in [0.05, 0.1) is 12.7 Å². The number of nitrogens with one attached hydrogen (secondary N) is 3. The summed E-state index contributed by atoms with van der Waals surface area (Å²) in [6.07, 6.45) is -0.141. The van der Waals surface area contributed by atoms with Crippen LogP contribution in [0.15, 0.2) is 24.3 Å². The minimum absolute atomic E-state index is 0.0651. The monoisotopic (exact) mass is 291 g/mol. The molecule has 1 aliphatic heterocycles.